The van der Waals surface area contributed by atoms with Crippen LogP contribution in [0, 0.1) is 0 Å². The number of halogens is 1. The molecular weight excluding hydrogens is 208 g/mol. The average Bonchev–Trinajstić information content (AvgIpc) is 2.16. The number of rotatable bonds is 3. The highest BCUT2D eigenvalue weighted by Gasteiger charge is 2.02. The topological polar surface area (TPSA) is 81.6 Å². The van der Waals surface area contributed by atoms with Gasteiger partial charge in [-0.15, -0.1) is 0 Å². The van der Waals surface area contributed by atoms with Crippen molar-refractivity contribution in [2.24, 2.45) is 0 Å². The van der Waals surface area contributed by atoms with E-state index in [2.05, 4.69) is 5.43 Å². The monoisotopic (exact) mass is 216 g/mol. The van der Waals surface area contributed by atoms with Crippen LogP contribution in [0.3, 0.4) is 0 Å². The standard InChI is InChI=1S/C8H9ClN2O3/c9-6-2-1-5(4-12)3-7(6)10-11-8(13)14/h1-3,10-12H,4H2,(H,13,14). The number of carbonyl (C=O) groups is 1. The van der Waals surface area contributed by atoms with Gasteiger partial charge in [0.25, 0.3) is 0 Å². The highest BCUT2D eigenvalue weighted by atomic mass is 35.5. The lowest BCUT2D eigenvalue weighted by molar-refractivity contribution is 0.197. The zero-order valence-electron chi connectivity index (χ0n) is 7.12. The minimum atomic E-state index is -1.21. The molecule has 0 heterocycles. The van der Waals surface area contributed by atoms with Crippen molar-refractivity contribution in [3.05, 3.63) is 28.8 Å². The second kappa shape index (κ2) is 4.69. The maximum absolute atomic E-state index is 10.2. The molecule has 0 radical (unpaired) electrons. The van der Waals surface area contributed by atoms with Crippen LogP contribution in [-0.4, -0.2) is 16.3 Å². The molecule has 0 fully saturated rings. The van der Waals surface area contributed by atoms with E-state index >= 15 is 0 Å². The number of carboxylic acid groups (broad SMARTS) is 1. The molecule has 0 aliphatic heterocycles. The molecule has 0 aromatic heterocycles. The molecule has 6 heteroatoms. The first-order valence-corrected chi connectivity index (χ1v) is 4.15. The van der Waals surface area contributed by atoms with Crippen molar-refractivity contribution >= 4 is 23.4 Å². The number of hydrogen-bond donors (Lipinski definition) is 4. The van der Waals surface area contributed by atoms with E-state index in [0.717, 1.165) is 0 Å². The number of hydrazine groups is 1. The summed E-state index contributed by atoms with van der Waals surface area (Å²) in [4.78, 5) is 10.2. The third-order valence-corrected chi connectivity index (χ3v) is 1.85. The predicted molar refractivity (Wildman–Crippen MR) is 52.2 cm³/mol. The summed E-state index contributed by atoms with van der Waals surface area (Å²) in [5.41, 5.74) is 5.40. The lowest BCUT2D eigenvalue weighted by Crippen LogP contribution is -2.27. The predicted octanol–water partition coefficient (Wildman–Crippen LogP) is 1.43. The summed E-state index contributed by atoms with van der Waals surface area (Å²) in [6.07, 6.45) is -1.21. The lowest BCUT2D eigenvalue weighted by atomic mass is 10.2. The molecule has 0 aliphatic carbocycles. The number of hydrogen-bond acceptors (Lipinski definition) is 3. The summed E-state index contributed by atoms with van der Waals surface area (Å²) < 4.78 is 0. The van der Waals surface area contributed by atoms with Crippen LogP contribution in [0.5, 0.6) is 0 Å². The fourth-order valence-electron chi connectivity index (χ4n) is 0.887. The first kappa shape index (κ1) is 10.6. The molecule has 76 valence electrons. The molecule has 1 rings (SSSR count). The van der Waals surface area contributed by atoms with Crippen molar-refractivity contribution in [1.29, 1.82) is 0 Å². The van der Waals surface area contributed by atoms with Crippen molar-refractivity contribution in [2.75, 3.05) is 5.43 Å². The smallest absolute Gasteiger partial charge is 0.423 e. The third kappa shape index (κ3) is 2.79. The van der Waals surface area contributed by atoms with Gasteiger partial charge in [-0.25, -0.2) is 10.2 Å². The van der Waals surface area contributed by atoms with Gasteiger partial charge in [-0.3, -0.25) is 5.43 Å². The van der Waals surface area contributed by atoms with Gasteiger partial charge < -0.3 is 10.2 Å². The summed E-state index contributed by atoms with van der Waals surface area (Å²) in [6, 6.07) is 4.77. The Balaban J connectivity index is 2.78. The van der Waals surface area contributed by atoms with Crippen LogP contribution in [0.4, 0.5) is 10.5 Å². The van der Waals surface area contributed by atoms with Gasteiger partial charge in [0.05, 0.1) is 17.3 Å². The van der Waals surface area contributed by atoms with Gasteiger partial charge in [-0.05, 0) is 17.7 Å². The van der Waals surface area contributed by atoms with Gasteiger partial charge in [-0.2, -0.15) is 0 Å². The Morgan fingerprint density at radius 3 is 2.79 bits per heavy atom. The minimum absolute atomic E-state index is 0.126. The molecule has 1 aromatic rings. The van der Waals surface area contributed by atoms with Gasteiger partial charge in [0, 0.05) is 0 Å². The van der Waals surface area contributed by atoms with Crippen molar-refractivity contribution in [3.63, 3.8) is 0 Å². The SMILES string of the molecule is O=C(O)NNc1cc(CO)ccc1Cl. The largest absolute Gasteiger partial charge is 0.464 e. The summed E-state index contributed by atoms with van der Waals surface area (Å²) >= 11 is 5.76. The molecule has 5 nitrogen and oxygen atoms in total. The van der Waals surface area contributed by atoms with E-state index in [1.165, 1.54) is 0 Å². The molecule has 0 bridgehead atoms. The molecule has 0 aliphatic rings. The van der Waals surface area contributed by atoms with Crippen LogP contribution >= 0.6 is 11.6 Å². The van der Waals surface area contributed by atoms with E-state index in [9.17, 15) is 4.79 Å². The lowest BCUT2D eigenvalue weighted by Gasteiger charge is -2.08. The number of amides is 1. The van der Waals surface area contributed by atoms with Gasteiger partial charge in [-0.1, -0.05) is 17.7 Å². The Hall–Kier alpha value is -1.46. The van der Waals surface area contributed by atoms with Gasteiger partial charge >= 0.3 is 6.09 Å². The first-order chi connectivity index (χ1) is 6.63. The van der Waals surface area contributed by atoms with Crippen LogP contribution in [0.2, 0.25) is 5.02 Å². The van der Waals surface area contributed by atoms with Crippen molar-refractivity contribution in [1.82, 2.24) is 5.43 Å². The number of aliphatic hydroxyl groups is 1. The van der Waals surface area contributed by atoms with E-state index in [4.69, 9.17) is 21.8 Å². The van der Waals surface area contributed by atoms with E-state index in [0.29, 0.717) is 16.3 Å². The number of anilines is 1. The van der Waals surface area contributed by atoms with Crippen molar-refractivity contribution in [2.45, 2.75) is 6.61 Å². The zero-order valence-corrected chi connectivity index (χ0v) is 7.88. The van der Waals surface area contributed by atoms with Crippen LogP contribution < -0.4 is 10.9 Å². The molecule has 0 atom stereocenters. The van der Waals surface area contributed by atoms with Gasteiger partial charge in [0.2, 0.25) is 0 Å². The summed E-state index contributed by atoms with van der Waals surface area (Å²) in [6.45, 7) is -0.126. The molecule has 0 saturated carbocycles. The zero-order chi connectivity index (χ0) is 10.6. The van der Waals surface area contributed by atoms with E-state index in [1.54, 1.807) is 18.2 Å². The number of benzene rings is 1. The summed E-state index contributed by atoms with van der Waals surface area (Å²) in [5.74, 6) is 0. The van der Waals surface area contributed by atoms with E-state index in [-0.39, 0.29) is 6.61 Å². The average molecular weight is 217 g/mol. The van der Waals surface area contributed by atoms with Crippen LogP contribution in [-0.2, 0) is 6.61 Å². The number of aliphatic hydroxyl groups excluding tert-OH is 1. The van der Waals surface area contributed by atoms with Gasteiger partial charge in [0.15, 0.2) is 0 Å². The van der Waals surface area contributed by atoms with E-state index < -0.39 is 6.09 Å². The van der Waals surface area contributed by atoms with Crippen LogP contribution in [0.1, 0.15) is 5.56 Å². The molecular formula is C8H9ClN2O3. The van der Waals surface area contributed by atoms with Crippen LogP contribution in [0.25, 0.3) is 0 Å². The maximum Gasteiger partial charge on any atom is 0.423 e. The Morgan fingerprint density at radius 1 is 1.50 bits per heavy atom. The molecule has 1 amide bonds. The van der Waals surface area contributed by atoms with E-state index in [1.807, 2.05) is 5.43 Å². The fraction of sp³-hybridized carbons (Fsp3) is 0.125. The third-order valence-electron chi connectivity index (χ3n) is 1.52. The molecule has 14 heavy (non-hydrogen) atoms. The fourth-order valence-corrected chi connectivity index (χ4v) is 1.05. The first-order valence-electron chi connectivity index (χ1n) is 3.77. The molecule has 0 unspecified atom stereocenters. The van der Waals surface area contributed by atoms with Crippen LogP contribution in [0.15, 0.2) is 18.2 Å². The maximum atomic E-state index is 10.2. The van der Waals surface area contributed by atoms with Crippen molar-refractivity contribution < 1.29 is 15.0 Å². The summed E-state index contributed by atoms with van der Waals surface area (Å²) in [5, 5.41) is 17.5. The highest BCUT2D eigenvalue weighted by molar-refractivity contribution is 6.33. The quantitative estimate of drug-likeness (QED) is 0.576. The molecule has 4 N–H and O–H groups in total. The second-order valence-corrected chi connectivity index (χ2v) is 2.93. The summed E-state index contributed by atoms with van der Waals surface area (Å²) in [7, 11) is 0. The van der Waals surface area contributed by atoms with Crippen molar-refractivity contribution in [3.8, 4) is 0 Å². The molecule has 0 saturated heterocycles. The second-order valence-electron chi connectivity index (χ2n) is 2.53. The number of nitrogens with one attached hydrogen (secondary N) is 2. The Morgan fingerprint density at radius 2 is 2.21 bits per heavy atom. The minimum Gasteiger partial charge on any atom is -0.464 e. The normalized spacial score (nSPS) is 9.57. The van der Waals surface area contributed by atoms with Gasteiger partial charge in [0.1, 0.15) is 0 Å². The highest BCUT2D eigenvalue weighted by Crippen LogP contribution is 2.22. The molecule has 1 aromatic carbocycles. The Kier molecular flexibility index (Phi) is 3.55. The Bertz CT molecular complexity index is 343. The molecule has 0 spiro atoms. The Labute approximate surface area is 85.3 Å².